The molecule has 0 aliphatic carbocycles. The molecule has 1 saturated heterocycles. The lowest BCUT2D eigenvalue weighted by Gasteiger charge is -2.17. The summed E-state index contributed by atoms with van der Waals surface area (Å²) in [6.45, 7) is 4.97. The number of carboxylic acid groups (broad SMARTS) is 1. The zero-order valence-electron chi connectivity index (χ0n) is 15.7. The molecule has 1 aliphatic rings. The van der Waals surface area contributed by atoms with E-state index in [4.69, 9.17) is 4.74 Å². The van der Waals surface area contributed by atoms with Gasteiger partial charge in [0.25, 0.3) is 0 Å². The third-order valence-corrected chi connectivity index (χ3v) is 5.12. The minimum Gasteiger partial charge on any atom is -0.493 e. The summed E-state index contributed by atoms with van der Waals surface area (Å²) >= 11 is 0. The number of likely N-dealkylation sites (tertiary alicyclic amines) is 1. The Hall–Kier alpha value is -2.82. The topological polar surface area (TPSA) is 66.8 Å². The van der Waals surface area contributed by atoms with Crippen LogP contribution >= 0.6 is 0 Å². The minimum atomic E-state index is -0.856. The van der Waals surface area contributed by atoms with Crippen LogP contribution in [-0.4, -0.2) is 41.6 Å². The second-order valence-corrected chi connectivity index (χ2v) is 7.13. The number of hydrogen-bond acceptors (Lipinski definition) is 3. The van der Waals surface area contributed by atoms with Gasteiger partial charge in [0.2, 0.25) is 5.91 Å². The third-order valence-electron chi connectivity index (χ3n) is 5.12. The van der Waals surface area contributed by atoms with Crippen LogP contribution in [0.15, 0.2) is 48.5 Å². The zero-order valence-corrected chi connectivity index (χ0v) is 15.7. The maximum Gasteiger partial charge on any atom is 0.308 e. The molecule has 0 spiro atoms. The Bertz CT molecular complexity index is 818. The second kappa shape index (κ2) is 8.25. The van der Waals surface area contributed by atoms with E-state index < -0.39 is 11.9 Å². The van der Waals surface area contributed by atoms with Crippen molar-refractivity contribution < 1.29 is 19.4 Å². The van der Waals surface area contributed by atoms with Gasteiger partial charge in [-0.05, 0) is 31.0 Å². The van der Waals surface area contributed by atoms with Gasteiger partial charge in [-0.2, -0.15) is 0 Å². The maximum atomic E-state index is 12.6. The highest BCUT2D eigenvalue weighted by Gasteiger charge is 2.40. The molecule has 142 valence electrons. The molecule has 0 aromatic heterocycles. The summed E-state index contributed by atoms with van der Waals surface area (Å²) in [5.41, 5.74) is 3.17. The molecular weight excluding hydrogens is 342 g/mol. The van der Waals surface area contributed by atoms with Crippen LogP contribution in [0.4, 0.5) is 0 Å². The van der Waals surface area contributed by atoms with Gasteiger partial charge in [0.1, 0.15) is 5.75 Å². The number of benzene rings is 2. The molecule has 1 aliphatic heterocycles. The lowest BCUT2D eigenvalue weighted by atomic mass is 9.89. The third kappa shape index (κ3) is 4.48. The Balaban J connectivity index is 1.59. The fourth-order valence-electron chi connectivity index (χ4n) is 3.66. The SMILES string of the molecule is Cc1ccc(OCCC(=O)N2C[C@H](C(=O)O)[C@H](c3ccccc3)C2)c(C)c1. The molecule has 5 heteroatoms. The first-order valence-corrected chi connectivity index (χ1v) is 9.21. The molecule has 3 rings (SSSR count). The van der Waals surface area contributed by atoms with Crippen LogP contribution in [0.25, 0.3) is 0 Å². The first-order chi connectivity index (χ1) is 13.0. The monoisotopic (exact) mass is 367 g/mol. The summed E-state index contributed by atoms with van der Waals surface area (Å²) < 4.78 is 5.74. The standard InChI is InChI=1S/C22H25NO4/c1-15-8-9-20(16(2)12-15)27-11-10-21(24)23-13-18(19(14-23)22(25)26)17-6-4-3-5-7-17/h3-9,12,18-19H,10-11,13-14H2,1-2H3,(H,25,26)/t18-,19-/m0/s1. The van der Waals surface area contributed by atoms with Crippen molar-refractivity contribution in [2.75, 3.05) is 19.7 Å². The molecule has 1 amide bonds. The van der Waals surface area contributed by atoms with Crippen LogP contribution in [0.5, 0.6) is 5.75 Å². The van der Waals surface area contributed by atoms with Gasteiger partial charge < -0.3 is 14.7 Å². The fraction of sp³-hybridized carbons (Fsp3) is 0.364. The zero-order chi connectivity index (χ0) is 19.4. The summed E-state index contributed by atoms with van der Waals surface area (Å²) in [4.78, 5) is 25.9. The van der Waals surface area contributed by atoms with E-state index >= 15 is 0 Å². The van der Waals surface area contributed by atoms with Crippen molar-refractivity contribution in [3.63, 3.8) is 0 Å². The first-order valence-electron chi connectivity index (χ1n) is 9.21. The number of carboxylic acids is 1. The molecule has 2 aromatic rings. The Morgan fingerprint density at radius 1 is 1.11 bits per heavy atom. The van der Waals surface area contributed by atoms with Crippen molar-refractivity contribution in [3.05, 3.63) is 65.2 Å². The molecule has 0 saturated carbocycles. The predicted molar refractivity (Wildman–Crippen MR) is 103 cm³/mol. The van der Waals surface area contributed by atoms with Crippen LogP contribution < -0.4 is 4.74 Å². The predicted octanol–water partition coefficient (Wildman–Crippen LogP) is 3.40. The number of amides is 1. The molecule has 1 fully saturated rings. The number of carbonyl (C=O) groups excluding carboxylic acids is 1. The Labute approximate surface area is 159 Å². The van der Waals surface area contributed by atoms with Gasteiger partial charge in [-0.1, -0.05) is 48.0 Å². The normalized spacial score (nSPS) is 19.1. The van der Waals surface area contributed by atoms with E-state index in [2.05, 4.69) is 0 Å². The summed E-state index contributed by atoms with van der Waals surface area (Å²) in [7, 11) is 0. The molecular formula is C22H25NO4. The van der Waals surface area contributed by atoms with E-state index in [1.165, 1.54) is 5.56 Å². The second-order valence-electron chi connectivity index (χ2n) is 7.13. The van der Waals surface area contributed by atoms with Gasteiger partial charge >= 0.3 is 5.97 Å². The quantitative estimate of drug-likeness (QED) is 0.850. The first kappa shape index (κ1) is 19.0. The highest BCUT2D eigenvalue weighted by atomic mass is 16.5. The molecule has 0 bridgehead atoms. The highest BCUT2D eigenvalue weighted by molar-refractivity contribution is 5.79. The number of aryl methyl sites for hydroxylation is 2. The molecule has 2 aromatic carbocycles. The van der Waals surface area contributed by atoms with Crippen molar-refractivity contribution in [1.29, 1.82) is 0 Å². The Morgan fingerprint density at radius 2 is 1.85 bits per heavy atom. The smallest absolute Gasteiger partial charge is 0.308 e. The average molecular weight is 367 g/mol. The summed E-state index contributed by atoms with van der Waals surface area (Å²) in [5, 5.41) is 9.56. The van der Waals surface area contributed by atoms with Crippen LogP contribution in [-0.2, 0) is 9.59 Å². The van der Waals surface area contributed by atoms with Crippen molar-refractivity contribution in [3.8, 4) is 5.75 Å². The number of carbonyl (C=O) groups is 2. The minimum absolute atomic E-state index is 0.0653. The van der Waals surface area contributed by atoms with Gasteiger partial charge in [-0.25, -0.2) is 0 Å². The Kier molecular flexibility index (Phi) is 5.79. The van der Waals surface area contributed by atoms with E-state index in [1.807, 2.05) is 62.4 Å². The van der Waals surface area contributed by atoms with Crippen molar-refractivity contribution in [2.45, 2.75) is 26.2 Å². The highest BCUT2D eigenvalue weighted by Crippen LogP contribution is 2.33. The summed E-state index contributed by atoms with van der Waals surface area (Å²) in [6, 6.07) is 15.5. The van der Waals surface area contributed by atoms with Crippen LogP contribution in [0.3, 0.4) is 0 Å². The van der Waals surface area contributed by atoms with Gasteiger partial charge in [-0.3, -0.25) is 9.59 Å². The molecule has 27 heavy (non-hydrogen) atoms. The number of rotatable bonds is 6. The molecule has 2 atom stereocenters. The van der Waals surface area contributed by atoms with Crippen molar-refractivity contribution in [2.24, 2.45) is 5.92 Å². The van der Waals surface area contributed by atoms with E-state index in [0.29, 0.717) is 6.54 Å². The lowest BCUT2D eigenvalue weighted by Crippen LogP contribution is -2.30. The van der Waals surface area contributed by atoms with E-state index in [0.717, 1.165) is 16.9 Å². The summed E-state index contributed by atoms with van der Waals surface area (Å²) in [6.07, 6.45) is 0.237. The van der Waals surface area contributed by atoms with Crippen LogP contribution in [0.1, 0.15) is 29.0 Å². The maximum absolute atomic E-state index is 12.6. The lowest BCUT2D eigenvalue weighted by molar-refractivity contribution is -0.141. The number of hydrogen-bond donors (Lipinski definition) is 1. The van der Waals surface area contributed by atoms with Crippen molar-refractivity contribution in [1.82, 2.24) is 4.90 Å². The summed E-state index contributed by atoms with van der Waals surface area (Å²) in [5.74, 6) is -0.889. The van der Waals surface area contributed by atoms with Crippen LogP contribution in [0.2, 0.25) is 0 Å². The van der Waals surface area contributed by atoms with Gasteiger partial charge in [0.15, 0.2) is 0 Å². The number of nitrogens with zero attached hydrogens (tertiary/aromatic N) is 1. The molecule has 5 nitrogen and oxygen atoms in total. The fourth-order valence-corrected chi connectivity index (χ4v) is 3.66. The van der Waals surface area contributed by atoms with E-state index in [-0.39, 0.29) is 31.4 Å². The van der Waals surface area contributed by atoms with E-state index in [1.54, 1.807) is 4.90 Å². The molecule has 1 heterocycles. The van der Waals surface area contributed by atoms with Crippen LogP contribution in [0, 0.1) is 19.8 Å². The molecule has 1 N–H and O–H groups in total. The van der Waals surface area contributed by atoms with Gasteiger partial charge in [0.05, 0.1) is 18.9 Å². The molecule has 0 radical (unpaired) electrons. The largest absolute Gasteiger partial charge is 0.493 e. The van der Waals surface area contributed by atoms with Gasteiger partial charge in [-0.15, -0.1) is 0 Å². The molecule has 0 unspecified atom stereocenters. The Morgan fingerprint density at radius 3 is 2.52 bits per heavy atom. The number of ether oxygens (including phenoxy) is 1. The van der Waals surface area contributed by atoms with Crippen molar-refractivity contribution >= 4 is 11.9 Å². The van der Waals surface area contributed by atoms with E-state index in [9.17, 15) is 14.7 Å². The number of aliphatic carboxylic acids is 1. The average Bonchev–Trinajstić information content (AvgIpc) is 3.10. The van der Waals surface area contributed by atoms with Gasteiger partial charge in [0, 0.05) is 19.0 Å².